The predicted octanol–water partition coefficient (Wildman–Crippen LogP) is 1.07. The summed E-state index contributed by atoms with van der Waals surface area (Å²) in [5.41, 5.74) is 0.704. The summed E-state index contributed by atoms with van der Waals surface area (Å²) in [7, 11) is 0. The van der Waals surface area contributed by atoms with E-state index in [9.17, 15) is 14.7 Å². The van der Waals surface area contributed by atoms with E-state index in [1.165, 1.54) is 24.3 Å². The maximum atomic E-state index is 10.6. The van der Waals surface area contributed by atoms with Crippen molar-refractivity contribution in [3.05, 3.63) is 44.3 Å². The number of hydrogen-bond donors (Lipinski definition) is 3. The molecule has 6 nitrogen and oxygen atoms in total. The Balaban J connectivity index is -0.000000885. The Morgan fingerprint density at radius 1 is 0.482 bits per heavy atom. The van der Waals surface area contributed by atoms with Crippen LogP contribution in [0.25, 0.3) is 0 Å². The summed E-state index contributed by atoms with van der Waals surface area (Å²) in [6.07, 6.45) is 16.1. The van der Waals surface area contributed by atoms with Crippen molar-refractivity contribution >= 4 is 44.4 Å². The van der Waals surface area contributed by atoms with Crippen molar-refractivity contribution < 1.29 is 60.6 Å². The van der Waals surface area contributed by atoms with Crippen LogP contribution in [0.15, 0.2) is 33.2 Å². The largest absolute Gasteiger partial charge is 1.00 e. The van der Waals surface area contributed by atoms with Crippen molar-refractivity contribution in [2.24, 2.45) is 0 Å². The summed E-state index contributed by atoms with van der Waals surface area (Å²) in [6.45, 7) is 0.0491. The van der Waals surface area contributed by atoms with Gasteiger partial charge in [0, 0.05) is 91.1 Å². The van der Waals surface area contributed by atoms with Crippen molar-refractivity contribution in [3.8, 4) is 214 Å². The van der Waals surface area contributed by atoms with E-state index in [1.807, 2.05) is 0 Å². The first-order valence-corrected chi connectivity index (χ1v) is 15.5. The molecule has 0 bridgehead atoms. The number of benzene rings is 2. The van der Waals surface area contributed by atoms with Gasteiger partial charge in [0.2, 0.25) is 0 Å². The average Bonchev–Trinajstić information content (AvgIpc) is 3.18. The fourth-order valence-electron chi connectivity index (χ4n) is 2.36. The molecule has 0 saturated heterocycles. The van der Waals surface area contributed by atoms with Crippen molar-refractivity contribution in [3.63, 3.8) is 0 Å². The SMILES string of the molecule is C#CC#CC#CC#CC#CC#CC#CC#CC#CC#CC#CC#CC#CC#CC#C.C#CCOc1cc(C=O)c(Br)cc1O.O=Cc1cc(O)c(O)cc1Br.[H-].[Na+]. The fraction of sp³-hybridized carbons (Fsp3) is 0.0213. The van der Waals surface area contributed by atoms with Gasteiger partial charge in [-0.05, 0) is 151 Å². The normalized spacial score (nSPS) is 6.20. The number of phenolic OH excluding ortho intramolecular Hbond substituents is 3. The molecule has 0 spiro atoms. The Kier molecular flexibility index (Phi) is 31.5. The molecule has 9 heteroatoms. The van der Waals surface area contributed by atoms with Crippen LogP contribution in [0.1, 0.15) is 22.1 Å². The van der Waals surface area contributed by atoms with Gasteiger partial charge in [0.25, 0.3) is 0 Å². The number of carbonyl (C=O) groups is 2. The van der Waals surface area contributed by atoms with Gasteiger partial charge in [0.1, 0.15) is 6.61 Å². The number of phenols is 3. The summed E-state index contributed by atoms with van der Waals surface area (Å²) in [6, 6.07) is 5.25. The molecule has 0 fully saturated rings. The van der Waals surface area contributed by atoms with Crippen LogP contribution in [0.5, 0.6) is 23.0 Å². The van der Waals surface area contributed by atoms with E-state index in [0.717, 1.165) is 0 Å². The van der Waals surface area contributed by atoms with Gasteiger partial charge in [-0.15, -0.1) is 19.3 Å². The van der Waals surface area contributed by atoms with Crippen LogP contribution in [0.4, 0.5) is 0 Å². The third-order valence-corrected chi connectivity index (χ3v) is 5.82. The molecule has 0 amide bonds. The topological polar surface area (TPSA) is 104 Å². The summed E-state index contributed by atoms with van der Waals surface area (Å²) in [4.78, 5) is 20.8. The van der Waals surface area contributed by atoms with Gasteiger partial charge in [-0.25, -0.2) is 0 Å². The fourth-order valence-corrected chi connectivity index (χ4v) is 3.21. The van der Waals surface area contributed by atoms with E-state index in [1.54, 1.807) is 0 Å². The zero-order valence-electron chi connectivity index (χ0n) is 29.7. The number of ether oxygens (including phenoxy) is 1. The third kappa shape index (κ3) is 26.7. The summed E-state index contributed by atoms with van der Waals surface area (Å²) in [5.74, 6) is 70.0. The van der Waals surface area contributed by atoms with Gasteiger partial charge in [-0.3, -0.25) is 9.59 Å². The second kappa shape index (κ2) is 35.3. The Morgan fingerprint density at radius 3 is 1.04 bits per heavy atom. The molecule has 0 atom stereocenters. The minimum absolute atomic E-state index is 0. The van der Waals surface area contributed by atoms with E-state index >= 15 is 0 Å². The maximum Gasteiger partial charge on any atom is 1.00 e. The Morgan fingerprint density at radius 2 is 0.750 bits per heavy atom. The summed E-state index contributed by atoms with van der Waals surface area (Å²) < 4.78 is 5.99. The number of aromatic hydroxyl groups is 3. The van der Waals surface area contributed by atoms with E-state index in [0.29, 0.717) is 32.6 Å². The van der Waals surface area contributed by atoms with Crippen molar-refractivity contribution in [1.82, 2.24) is 0 Å². The number of halogens is 2. The molecule has 0 aliphatic rings. The summed E-state index contributed by atoms with van der Waals surface area (Å²) >= 11 is 6.16. The molecular weight excluding hydrogens is 843 g/mol. The average molecular weight is 858 g/mol. The number of rotatable bonds is 4. The summed E-state index contributed by atoms with van der Waals surface area (Å²) in [5, 5.41) is 27.2. The first kappa shape index (κ1) is 50.0. The van der Waals surface area contributed by atoms with Crippen LogP contribution in [-0.4, -0.2) is 34.5 Å². The monoisotopic (exact) mass is 856 g/mol. The molecule has 0 saturated carbocycles. The zero-order chi connectivity index (χ0) is 40.8. The van der Waals surface area contributed by atoms with Gasteiger partial charge >= 0.3 is 29.6 Å². The van der Waals surface area contributed by atoms with E-state index < -0.39 is 0 Å². The third-order valence-electron chi connectivity index (χ3n) is 4.44. The van der Waals surface area contributed by atoms with E-state index in [-0.39, 0.29) is 60.6 Å². The van der Waals surface area contributed by atoms with E-state index in [2.05, 4.69) is 204 Å². The number of terminal acetylenes is 3. The Labute approximate surface area is 367 Å². The van der Waals surface area contributed by atoms with E-state index in [4.69, 9.17) is 34.2 Å². The zero-order valence-corrected chi connectivity index (χ0v) is 33.9. The smallest absolute Gasteiger partial charge is 1.00 e. The number of carbonyl (C=O) groups excluding carboxylic acids is 2. The molecule has 0 radical (unpaired) electrons. The van der Waals surface area contributed by atoms with Crippen molar-refractivity contribution in [1.29, 1.82) is 0 Å². The van der Waals surface area contributed by atoms with Crippen LogP contribution in [0.3, 0.4) is 0 Å². The molecule has 3 N–H and O–H groups in total. The second-order valence-corrected chi connectivity index (χ2v) is 9.68. The molecule has 254 valence electrons. The molecule has 0 aromatic heterocycles. The quantitative estimate of drug-likeness (QED) is 0.184. The molecule has 0 aliphatic heterocycles. The Bertz CT molecular complexity index is 2700. The maximum absolute atomic E-state index is 10.6. The minimum Gasteiger partial charge on any atom is -1.00 e. The van der Waals surface area contributed by atoms with Crippen molar-refractivity contribution in [2.45, 2.75) is 0 Å². The molecule has 0 unspecified atom stereocenters. The van der Waals surface area contributed by atoms with Crippen LogP contribution in [0.2, 0.25) is 0 Å². The van der Waals surface area contributed by atoms with Crippen LogP contribution < -0.4 is 34.3 Å². The minimum atomic E-state index is -0.296. The Hall–Kier alpha value is -8.10. The molecule has 2 aromatic rings. The van der Waals surface area contributed by atoms with Gasteiger partial charge < -0.3 is 21.5 Å². The first-order chi connectivity index (χ1) is 26.7. The molecule has 56 heavy (non-hydrogen) atoms. The van der Waals surface area contributed by atoms with Crippen molar-refractivity contribution in [2.75, 3.05) is 6.61 Å². The van der Waals surface area contributed by atoms with Gasteiger partial charge in [0.05, 0.1) is 0 Å². The number of hydrogen-bond acceptors (Lipinski definition) is 6. The van der Waals surface area contributed by atoms with Gasteiger partial charge in [0.15, 0.2) is 35.6 Å². The second-order valence-electron chi connectivity index (χ2n) is 7.97. The van der Waals surface area contributed by atoms with Crippen LogP contribution >= 0.6 is 31.9 Å². The molecular formula is C47H15Br2NaO6. The van der Waals surface area contributed by atoms with Crippen LogP contribution in [-0.2, 0) is 0 Å². The van der Waals surface area contributed by atoms with Crippen LogP contribution in [0, 0.1) is 191 Å². The van der Waals surface area contributed by atoms with Gasteiger partial charge in [-0.1, -0.05) is 5.92 Å². The molecule has 2 rings (SSSR count). The predicted molar refractivity (Wildman–Crippen MR) is 218 cm³/mol. The number of aldehydes is 2. The molecule has 0 heterocycles. The standard InChI is InChI=1S/C30H2.C10H7BrO3.C7H5BrO3.Na.H/c1-3-5-7-9-11-13-15-17-19-21-23-25-27-29-30-28-26-24-22-20-18-16-14-12-10-8-6-4-2;1-2-3-14-10-4-7(6-12)8(11)5-9(10)13;8-5-2-7(11)6(10)1-4(5)3-9;;/h1-2H;1,4-6,13H,3H2;1-3,10-11H;;/q;;;+1;-1. The first-order valence-electron chi connectivity index (χ1n) is 13.9. The molecule has 2 aromatic carbocycles. The molecule has 0 aliphatic carbocycles. The van der Waals surface area contributed by atoms with Gasteiger partial charge in [-0.2, -0.15) is 0 Å².